The molecule has 3 aromatic rings. The lowest BCUT2D eigenvalue weighted by atomic mass is 10.2. The van der Waals surface area contributed by atoms with Gasteiger partial charge < -0.3 is 5.73 Å². The summed E-state index contributed by atoms with van der Waals surface area (Å²) in [7, 11) is 0. The van der Waals surface area contributed by atoms with E-state index in [0.29, 0.717) is 22.1 Å². The summed E-state index contributed by atoms with van der Waals surface area (Å²) < 4.78 is 15.5. The lowest BCUT2D eigenvalue weighted by Gasteiger charge is -2.06. The molecule has 0 bridgehead atoms. The van der Waals surface area contributed by atoms with Gasteiger partial charge in [-0.25, -0.2) is 4.39 Å². The van der Waals surface area contributed by atoms with E-state index in [1.807, 2.05) is 6.07 Å². The van der Waals surface area contributed by atoms with E-state index in [9.17, 15) is 4.39 Å². The van der Waals surface area contributed by atoms with Crippen molar-refractivity contribution in [2.75, 3.05) is 5.73 Å². The Morgan fingerprint density at radius 3 is 2.71 bits per heavy atom. The summed E-state index contributed by atoms with van der Waals surface area (Å²) in [5.41, 5.74) is 6.91. The van der Waals surface area contributed by atoms with Crippen LogP contribution in [0.5, 0.6) is 0 Å². The van der Waals surface area contributed by atoms with Crippen molar-refractivity contribution in [2.45, 2.75) is 0 Å². The van der Waals surface area contributed by atoms with Crippen LogP contribution in [0.3, 0.4) is 0 Å². The van der Waals surface area contributed by atoms with E-state index in [2.05, 4.69) is 31.5 Å². The summed E-state index contributed by atoms with van der Waals surface area (Å²) in [5.74, 6) is -0.0375. The molecule has 2 N–H and O–H groups in total. The minimum absolute atomic E-state index is 0.0379. The fourth-order valence-corrected chi connectivity index (χ4v) is 2.26. The quantitative estimate of drug-likeness (QED) is 0.703. The Hall–Kier alpha value is -1.99. The minimum atomic E-state index is -0.482. The third kappa shape index (κ3) is 2.62. The SMILES string of the molecule is Nc1cc(-c2nnnn2-c2ccc(Br)c(Cl)c2)ccc1F. The van der Waals surface area contributed by atoms with Gasteiger partial charge >= 0.3 is 0 Å². The molecule has 1 aromatic heterocycles. The van der Waals surface area contributed by atoms with Gasteiger partial charge in [0.25, 0.3) is 0 Å². The number of nitrogens with zero attached hydrogens (tertiary/aromatic N) is 4. The van der Waals surface area contributed by atoms with Crippen LogP contribution in [0, 0.1) is 5.82 Å². The summed E-state index contributed by atoms with van der Waals surface area (Å²) in [6.07, 6.45) is 0. The predicted molar refractivity (Wildman–Crippen MR) is 81.7 cm³/mol. The lowest BCUT2D eigenvalue weighted by molar-refractivity contribution is 0.632. The monoisotopic (exact) mass is 367 g/mol. The molecular weight excluding hydrogens is 361 g/mol. The largest absolute Gasteiger partial charge is 0.396 e. The number of tetrazole rings is 1. The van der Waals surface area contributed by atoms with E-state index in [0.717, 1.165) is 4.47 Å². The first kappa shape index (κ1) is 14.0. The van der Waals surface area contributed by atoms with Crippen LogP contribution >= 0.6 is 27.5 Å². The zero-order valence-electron chi connectivity index (χ0n) is 10.5. The Bertz CT molecular complexity index is 754. The van der Waals surface area contributed by atoms with Crippen LogP contribution in [-0.4, -0.2) is 20.2 Å². The highest BCUT2D eigenvalue weighted by Crippen LogP contribution is 2.27. The molecular formula is C13H8BrClFN5. The fraction of sp³-hybridized carbons (Fsp3) is 0. The highest BCUT2D eigenvalue weighted by Gasteiger charge is 2.13. The number of benzene rings is 2. The molecule has 1 heterocycles. The van der Waals surface area contributed by atoms with Crippen LogP contribution < -0.4 is 5.73 Å². The molecule has 0 aliphatic rings. The Morgan fingerprint density at radius 1 is 1.19 bits per heavy atom. The first-order chi connectivity index (χ1) is 10.1. The average Bonchev–Trinajstić information content (AvgIpc) is 2.94. The van der Waals surface area contributed by atoms with Gasteiger partial charge in [0, 0.05) is 10.0 Å². The zero-order chi connectivity index (χ0) is 15.0. The van der Waals surface area contributed by atoms with Gasteiger partial charge in [-0.1, -0.05) is 11.6 Å². The van der Waals surface area contributed by atoms with Gasteiger partial charge in [-0.2, -0.15) is 4.68 Å². The highest BCUT2D eigenvalue weighted by molar-refractivity contribution is 9.10. The molecule has 8 heteroatoms. The van der Waals surface area contributed by atoms with Gasteiger partial charge in [0.05, 0.1) is 16.4 Å². The molecule has 0 amide bonds. The van der Waals surface area contributed by atoms with E-state index in [-0.39, 0.29) is 5.69 Å². The standard InChI is InChI=1S/C13H8BrClFN5/c14-9-3-2-8(6-10(9)15)21-13(18-19-20-21)7-1-4-11(16)12(17)5-7/h1-6H,17H2. The molecule has 0 saturated carbocycles. The topological polar surface area (TPSA) is 69.6 Å². The smallest absolute Gasteiger partial charge is 0.187 e. The maximum absolute atomic E-state index is 13.3. The first-order valence-corrected chi connectivity index (χ1v) is 7.02. The van der Waals surface area contributed by atoms with Crippen molar-refractivity contribution in [1.82, 2.24) is 20.2 Å². The lowest BCUT2D eigenvalue weighted by Crippen LogP contribution is -2.01. The number of halogens is 3. The highest BCUT2D eigenvalue weighted by atomic mass is 79.9. The van der Waals surface area contributed by atoms with Crippen molar-refractivity contribution < 1.29 is 4.39 Å². The molecule has 0 spiro atoms. The second-order valence-electron chi connectivity index (χ2n) is 4.25. The number of anilines is 1. The molecule has 0 aliphatic carbocycles. The van der Waals surface area contributed by atoms with Gasteiger partial charge in [0.2, 0.25) is 0 Å². The molecule has 0 unspecified atom stereocenters. The van der Waals surface area contributed by atoms with Crippen LogP contribution in [0.4, 0.5) is 10.1 Å². The number of nitrogen functional groups attached to an aromatic ring is 1. The Kier molecular flexibility index (Phi) is 3.60. The molecule has 2 aromatic carbocycles. The Labute approximate surface area is 132 Å². The second kappa shape index (κ2) is 5.42. The third-order valence-corrected chi connectivity index (χ3v) is 4.10. The fourth-order valence-electron chi connectivity index (χ4n) is 1.84. The summed E-state index contributed by atoms with van der Waals surface area (Å²) in [4.78, 5) is 0. The van der Waals surface area contributed by atoms with Gasteiger partial charge in [-0.05, 0) is 62.8 Å². The average molecular weight is 369 g/mol. The number of nitrogens with two attached hydrogens (primary N) is 1. The van der Waals surface area contributed by atoms with Gasteiger partial charge in [-0.15, -0.1) is 5.10 Å². The summed E-state index contributed by atoms with van der Waals surface area (Å²) in [6, 6.07) is 9.65. The number of rotatable bonds is 2. The summed E-state index contributed by atoms with van der Waals surface area (Å²) in [6.45, 7) is 0. The van der Waals surface area contributed by atoms with E-state index in [4.69, 9.17) is 17.3 Å². The molecule has 21 heavy (non-hydrogen) atoms. The summed E-state index contributed by atoms with van der Waals surface area (Å²) >= 11 is 9.40. The third-order valence-electron chi connectivity index (χ3n) is 2.87. The normalized spacial score (nSPS) is 10.8. The van der Waals surface area contributed by atoms with Crippen molar-refractivity contribution in [2.24, 2.45) is 0 Å². The zero-order valence-corrected chi connectivity index (χ0v) is 12.8. The molecule has 5 nitrogen and oxygen atoms in total. The maximum atomic E-state index is 13.3. The molecule has 0 atom stereocenters. The van der Waals surface area contributed by atoms with Crippen molar-refractivity contribution in [3.8, 4) is 17.1 Å². The number of aromatic nitrogens is 4. The van der Waals surface area contributed by atoms with Crippen LogP contribution in [0.2, 0.25) is 5.02 Å². The number of hydrogen-bond donors (Lipinski definition) is 1. The van der Waals surface area contributed by atoms with E-state index in [1.54, 1.807) is 18.2 Å². The van der Waals surface area contributed by atoms with Crippen LogP contribution in [-0.2, 0) is 0 Å². The van der Waals surface area contributed by atoms with Crippen LogP contribution in [0.25, 0.3) is 17.1 Å². The van der Waals surface area contributed by atoms with Gasteiger partial charge in [0.1, 0.15) is 5.82 Å². The van der Waals surface area contributed by atoms with Gasteiger partial charge in [-0.3, -0.25) is 0 Å². The van der Waals surface area contributed by atoms with Crippen molar-refractivity contribution >= 4 is 33.2 Å². The van der Waals surface area contributed by atoms with E-state index in [1.165, 1.54) is 16.8 Å². The Balaban J connectivity index is 2.12. The molecule has 0 saturated heterocycles. The molecule has 0 fully saturated rings. The maximum Gasteiger partial charge on any atom is 0.187 e. The minimum Gasteiger partial charge on any atom is -0.396 e. The van der Waals surface area contributed by atoms with Crippen molar-refractivity contribution in [1.29, 1.82) is 0 Å². The molecule has 0 aliphatic heterocycles. The molecule has 0 radical (unpaired) electrons. The molecule has 3 rings (SSSR count). The van der Waals surface area contributed by atoms with E-state index >= 15 is 0 Å². The van der Waals surface area contributed by atoms with Crippen molar-refractivity contribution in [3.05, 3.63) is 51.7 Å². The Morgan fingerprint density at radius 2 is 2.00 bits per heavy atom. The molecule has 106 valence electrons. The van der Waals surface area contributed by atoms with Gasteiger partial charge in [0.15, 0.2) is 5.82 Å². The van der Waals surface area contributed by atoms with Crippen molar-refractivity contribution in [3.63, 3.8) is 0 Å². The predicted octanol–water partition coefficient (Wildman–Crippen LogP) is 3.47. The summed E-state index contributed by atoms with van der Waals surface area (Å²) in [5, 5.41) is 12.1. The first-order valence-electron chi connectivity index (χ1n) is 5.85. The number of hydrogen-bond acceptors (Lipinski definition) is 4. The van der Waals surface area contributed by atoms with Crippen LogP contribution in [0.15, 0.2) is 40.9 Å². The van der Waals surface area contributed by atoms with Crippen LogP contribution in [0.1, 0.15) is 0 Å². The second-order valence-corrected chi connectivity index (χ2v) is 5.51. The van der Waals surface area contributed by atoms with E-state index < -0.39 is 5.82 Å².